The third-order valence-electron chi connectivity index (χ3n) is 9.77. The summed E-state index contributed by atoms with van der Waals surface area (Å²) in [6.07, 6.45) is -6.73. The van der Waals surface area contributed by atoms with E-state index in [2.05, 4.69) is 16.0 Å². The van der Waals surface area contributed by atoms with Crippen molar-refractivity contribution in [3.8, 4) is 28.6 Å². The average Bonchev–Trinajstić information content (AvgIpc) is 3.63. The Morgan fingerprint density at radius 3 is 1.33 bits per heavy atom. The standard InChI is InChI=1S/C21H26ClF3N4O2.C21H24ClF3N4O/c1-11(2)29-16(18(30)28(6)10-20(4,5)19(26)31)15(12(3)17(29)21(23,24)25)14-8-7-13(22)9-27-14;1-12(2)29-17(19(30)28(6)11-20(4,5)10-26)16(13(3)18(29)21(23,24)25)15-8-7-14(22)9-27-15/h7-9,11H,10H2,1-6H3,(H2,26,31);7-9,12H,11H2,1-6H3. The Morgan fingerprint density at radius 2 is 1.07 bits per heavy atom. The fraction of sp³-hybridized carbons (Fsp3) is 0.476. The molecule has 0 unspecified atom stereocenters. The lowest BCUT2D eigenvalue weighted by Crippen LogP contribution is -2.44. The normalized spacial score (nSPS) is 12.3. The average molecular weight is 900 g/mol. The fourth-order valence-electron chi connectivity index (χ4n) is 7.05. The highest BCUT2D eigenvalue weighted by atomic mass is 35.5. The number of halogens is 8. The maximum Gasteiger partial charge on any atom is 0.431 e. The van der Waals surface area contributed by atoms with Crippen molar-refractivity contribution in [2.45, 2.75) is 93.7 Å². The zero-order valence-electron chi connectivity index (χ0n) is 36.0. The molecule has 332 valence electrons. The Morgan fingerprint density at radius 1 is 0.721 bits per heavy atom. The Bertz CT molecular complexity index is 2300. The summed E-state index contributed by atoms with van der Waals surface area (Å²) in [6.45, 7) is 15.4. The van der Waals surface area contributed by atoms with E-state index in [0.29, 0.717) is 10.0 Å². The van der Waals surface area contributed by atoms with E-state index in [1.165, 1.54) is 74.4 Å². The van der Waals surface area contributed by atoms with E-state index in [9.17, 15) is 46.0 Å². The number of pyridine rings is 2. The molecule has 4 aromatic heterocycles. The van der Waals surface area contributed by atoms with Gasteiger partial charge in [-0.3, -0.25) is 24.4 Å². The Hall–Kier alpha value is -5.08. The predicted octanol–water partition coefficient (Wildman–Crippen LogP) is 10.4. The number of rotatable bonds is 11. The van der Waals surface area contributed by atoms with Crippen molar-refractivity contribution in [2.24, 2.45) is 16.6 Å². The summed E-state index contributed by atoms with van der Waals surface area (Å²) in [5, 5.41) is 9.93. The minimum atomic E-state index is -4.70. The molecule has 0 atom stereocenters. The molecule has 0 radical (unpaired) electrons. The number of carbonyl (C=O) groups excluding carboxylic acids is 3. The lowest BCUT2D eigenvalue weighted by molar-refractivity contribution is -0.145. The van der Waals surface area contributed by atoms with Gasteiger partial charge in [-0.05, 0) is 105 Å². The van der Waals surface area contributed by atoms with Crippen molar-refractivity contribution in [1.29, 1.82) is 5.26 Å². The van der Waals surface area contributed by atoms with Gasteiger partial charge in [0.2, 0.25) is 5.91 Å². The summed E-state index contributed by atoms with van der Waals surface area (Å²) in [5.41, 5.74) is 1.81. The number of aromatic nitrogens is 4. The molecule has 11 nitrogen and oxygen atoms in total. The van der Waals surface area contributed by atoms with Crippen LogP contribution in [0.15, 0.2) is 36.7 Å². The number of primary amides is 1. The first-order chi connectivity index (χ1) is 27.8. The van der Waals surface area contributed by atoms with Gasteiger partial charge in [-0.2, -0.15) is 31.6 Å². The number of nitrogens with two attached hydrogens (primary N) is 1. The van der Waals surface area contributed by atoms with Crippen molar-refractivity contribution >= 4 is 40.9 Å². The molecule has 0 bridgehead atoms. The summed E-state index contributed by atoms with van der Waals surface area (Å²) in [6, 6.07) is 6.76. The Balaban J connectivity index is 0.000000325. The first-order valence-corrected chi connectivity index (χ1v) is 19.7. The number of nitrogens with zero attached hydrogens (tertiary/aromatic N) is 7. The zero-order valence-corrected chi connectivity index (χ0v) is 37.5. The van der Waals surface area contributed by atoms with E-state index in [1.807, 2.05) is 0 Å². The highest BCUT2D eigenvalue weighted by Crippen LogP contribution is 2.44. The van der Waals surface area contributed by atoms with Crippen LogP contribution in [-0.2, 0) is 17.1 Å². The molecule has 0 saturated heterocycles. The van der Waals surface area contributed by atoms with Crippen LogP contribution < -0.4 is 5.73 Å². The third kappa shape index (κ3) is 11.1. The molecule has 0 aliphatic rings. The summed E-state index contributed by atoms with van der Waals surface area (Å²) < 4.78 is 86.1. The second-order valence-corrected chi connectivity index (χ2v) is 17.5. The third-order valence-corrected chi connectivity index (χ3v) is 10.2. The molecule has 0 aliphatic heterocycles. The molecule has 0 fully saturated rings. The summed E-state index contributed by atoms with van der Waals surface area (Å²) in [7, 11) is 2.90. The van der Waals surface area contributed by atoms with Gasteiger partial charge in [0.1, 0.15) is 22.8 Å². The molecular weight excluding hydrogens is 849 g/mol. The number of alkyl halides is 6. The topological polar surface area (TPSA) is 143 Å². The smallest absolute Gasteiger partial charge is 0.369 e. The van der Waals surface area contributed by atoms with E-state index >= 15 is 0 Å². The molecule has 0 aliphatic carbocycles. The van der Waals surface area contributed by atoms with Crippen LogP contribution in [0.2, 0.25) is 10.0 Å². The van der Waals surface area contributed by atoms with Gasteiger partial charge in [0, 0.05) is 62.8 Å². The van der Waals surface area contributed by atoms with Crippen molar-refractivity contribution in [2.75, 3.05) is 27.2 Å². The quantitative estimate of drug-likeness (QED) is 0.149. The van der Waals surface area contributed by atoms with Gasteiger partial charge >= 0.3 is 12.4 Å². The van der Waals surface area contributed by atoms with Gasteiger partial charge < -0.3 is 24.7 Å². The Kier molecular flexibility index (Phi) is 15.2. The van der Waals surface area contributed by atoms with Crippen LogP contribution in [0.5, 0.6) is 0 Å². The maximum absolute atomic E-state index is 14.0. The van der Waals surface area contributed by atoms with Gasteiger partial charge in [-0.25, -0.2) is 0 Å². The van der Waals surface area contributed by atoms with Crippen molar-refractivity contribution < 1.29 is 40.7 Å². The molecule has 19 heteroatoms. The summed E-state index contributed by atoms with van der Waals surface area (Å²) >= 11 is 11.8. The number of carbonyl (C=O) groups is 3. The molecule has 4 heterocycles. The number of nitriles is 1. The van der Waals surface area contributed by atoms with Crippen molar-refractivity contribution in [3.63, 3.8) is 0 Å². The van der Waals surface area contributed by atoms with Gasteiger partial charge in [-0.1, -0.05) is 23.2 Å². The molecular formula is C42H50Cl2F6N8O3. The number of hydrogen-bond donors (Lipinski definition) is 1. The van der Waals surface area contributed by atoms with E-state index < -0.39 is 64.4 Å². The molecule has 0 saturated carbocycles. The second kappa shape index (κ2) is 18.5. The predicted molar refractivity (Wildman–Crippen MR) is 222 cm³/mol. The molecule has 0 aromatic carbocycles. The van der Waals surface area contributed by atoms with Crippen molar-refractivity contribution in [1.82, 2.24) is 28.9 Å². The lowest BCUT2D eigenvalue weighted by Gasteiger charge is -2.29. The Labute approximate surface area is 361 Å². The lowest BCUT2D eigenvalue weighted by atomic mass is 9.92. The monoisotopic (exact) mass is 898 g/mol. The minimum Gasteiger partial charge on any atom is -0.369 e. The highest BCUT2D eigenvalue weighted by molar-refractivity contribution is 6.30. The van der Waals surface area contributed by atoms with Crippen LogP contribution in [0.1, 0.15) is 111 Å². The van der Waals surface area contributed by atoms with Crippen LogP contribution >= 0.6 is 23.2 Å². The summed E-state index contributed by atoms with van der Waals surface area (Å²) in [4.78, 5) is 49.4. The number of amides is 3. The van der Waals surface area contributed by atoms with Crippen LogP contribution in [0.4, 0.5) is 26.3 Å². The molecule has 2 N–H and O–H groups in total. The minimum absolute atomic E-state index is 0.0551. The van der Waals surface area contributed by atoms with Crippen LogP contribution in [0, 0.1) is 36.0 Å². The van der Waals surface area contributed by atoms with Crippen LogP contribution in [-0.4, -0.2) is 73.8 Å². The van der Waals surface area contributed by atoms with E-state index in [-0.39, 0.29) is 58.1 Å². The zero-order chi connectivity index (χ0) is 46.9. The van der Waals surface area contributed by atoms with Crippen LogP contribution in [0.25, 0.3) is 22.5 Å². The summed E-state index contributed by atoms with van der Waals surface area (Å²) in [5.74, 6) is -1.91. The van der Waals surface area contributed by atoms with E-state index in [0.717, 1.165) is 9.13 Å². The van der Waals surface area contributed by atoms with Gasteiger partial charge in [-0.15, -0.1) is 0 Å². The van der Waals surface area contributed by atoms with Gasteiger partial charge in [0.15, 0.2) is 0 Å². The second-order valence-electron chi connectivity index (χ2n) is 16.6. The molecule has 0 spiro atoms. The number of hydrogen-bond acceptors (Lipinski definition) is 6. The van der Waals surface area contributed by atoms with Gasteiger partial charge in [0.25, 0.3) is 11.8 Å². The molecule has 4 rings (SSSR count). The highest BCUT2D eigenvalue weighted by Gasteiger charge is 2.44. The van der Waals surface area contributed by atoms with Gasteiger partial charge in [0.05, 0.1) is 38.3 Å². The first kappa shape index (κ1) is 50.3. The van der Waals surface area contributed by atoms with Crippen LogP contribution in [0.3, 0.4) is 0 Å². The van der Waals surface area contributed by atoms with E-state index in [4.69, 9.17) is 28.9 Å². The largest absolute Gasteiger partial charge is 0.431 e. The van der Waals surface area contributed by atoms with Crippen molar-refractivity contribution in [3.05, 3.63) is 80.6 Å². The first-order valence-electron chi connectivity index (χ1n) is 18.9. The molecule has 61 heavy (non-hydrogen) atoms. The SMILES string of the molecule is Cc1c(-c2ccc(Cl)cn2)c(C(=O)N(C)CC(C)(C)C#N)n(C(C)C)c1C(F)(F)F.Cc1c(-c2ccc(Cl)cn2)c(C(=O)N(C)CC(C)(C)C(N)=O)n(C(C)C)c1C(F)(F)F. The maximum atomic E-state index is 14.0. The molecule has 3 amide bonds. The fourth-order valence-corrected chi connectivity index (χ4v) is 7.27. The molecule has 4 aromatic rings. The van der Waals surface area contributed by atoms with E-state index in [1.54, 1.807) is 55.4 Å².